The Morgan fingerprint density at radius 1 is 0.784 bits per heavy atom. The average Bonchev–Trinajstić information content (AvgIpc) is 2.89. The van der Waals surface area contributed by atoms with Crippen molar-refractivity contribution in [3.63, 3.8) is 0 Å². The van der Waals surface area contributed by atoms with Crippen LogP contribution in [-0.4, -0.2) is 39.3 Å². The van der Waals surface area contributed by atoms with Crippen LogP contribution in [0.3, 0.4) is 0 Å². The molecule has 0 aliphatic heterocycles. The van der Waals surface area contributed by atoms with Crippen molar-refractivity contribution in [2.45, 2.75) is 9.79 Å². The van der Waals surface area contributed by atoms with Gasteiger partial charge in [-0.2, -0.15) is 0 Å². The second-order valence-electron chi connectivity index (χ2n) is 7.55. The molecular formula is C24H20FN5O5S2. The Balaban J connectivity index is 1.52. The zero-order valence-electron chi connectivity index (χ0n) is 19.0. The van der Waals surface area contributed by atoms with Crippen LogP contribution in [0.1, 0.15) is 0 Å². The van der Waals surface area contributed by atoms with Gasteiger partial charge in [-0.25, -0.2) is 35.9 Å². The number of sulfonamides is 2. The van der Waals surface area contributed by atoms with Crippen LogP contribution >= 0.6 is 0 Å². The maximum absolute atomic E-state index is 13.5. The van der Waals surface area contributed by atoms with Crippen molar-refractivity contribution in [3.8, 4) is 0 Å². The Bertz CT molecular complexity index is 1590. The molecule has 0 unspecified atom stereocenters. The van der Waals surface area contributed by atoms with Gasteiger partial charge in [-0.1, -0.05) is 18.2 Å². The van der Waals surface area contributed by atoms with E-state index in [1.807, 2.05) is 0 Å². The predicted octanol–water partition coefficient (Wildman–Crippen LogP) is 3.25. The minimum Gasteiger partial charge on any atom is -0.325 e. The van der Waals surface area contributed by atoms with Gasteiger partial charge in [0.25, 0.3) is 20.0 Å². The van der Waals surface area contributed by atoms with E-state index >= 15 is 0 Å². The van der Waals surface area contributed by atoms with E-state index in [1.165, 1.54) is 67.0 Å². The van der Waals surface area contributed by atoms with Crippen molar-refractivity contribution in [3.05, 3.63) is 103 Å². The number of aromatic nitrogens is 2. The van der Waals surface area contributed by atoms with Crippen molar-refractivity contribution in [1.82, 2.24) is 9.97 Å². The predicted molar refractivity (Wildman–Crippen MR) is 135 cm³/mol. The zero-order chi connectivity index (χ0) is 26.5. The highest BCUT2D eigenvalue weighted by Crippen LogP contribution is 2.24. The van der Waals surface area contributed by atoms with Gasteiger partial charge in [0.05, 0.1) is 15.5 Å². The summed E-state index contributed by atoms with van der Waals surface area (Å²) in [5.41, 5.74) is 0.326. The van der Waals surface area contributed by atoms with E-state index in [-0.39, 0.29) is 27.1 Å². The third-order valence-corrected chi connectivity index (χ3v) is 8.10. The first-order chi connectivity index (χ1) is 17.6. The van der Waals surface area contributed by atoms with Crippen molar-refractivity contribution < 1.29 is 26.0 Å². The number of carbonyl (C=O) groups is 1. The topological polar surface area (TPSA) is 138 Å². The lowest BCUT2D eigenvalue weighted by Gasteiger charge is -2.24. The normalized spacial score (nSPS) is 11.5. The number of rotatable bonds is 9. The first-order valence-corrected chi connectivity index (χ1v) is 13.6. The van der Waals surface area contributed by atoms with Gasteiger partial charge < -0.3 is 5.32 Å². The number of halogens is 1. The first-order valence-electron chi connectivity index (χ1n) is 10.7. The summed E-state index contributed by atoms with van der Waals surface area (Å²) in [7, 11) is -8.13. The van der Waals surface area contributed by atoms with Gasteiger partial charge >= 0.3 is 0 Å². The van der Waals surface area contributed by atoms with Gasteiger partial charge in [-0.15, -0.1) is 0 Å². The molecule has 190 valence electrons. The minimum absolute atomic E-state index is 0.0448. The molecule has 4 rings (SSSR count). The lowest BCUT2D eigenvalue weighted by Crippen LogP contribution is -2.38. The number of carbonyl (C=O) groups excluding carboxylic acids is 1. The highest BCUT2D eigenvalue weighted by Gasteiger charge is 2.27. The smallest absolute Gasteiger partial charge is 0.264 e. The fourth-order valence-corrected chi connectivity index (χ4v) is 5.62. The number of hydrogen-bond acceptors (Lipinski definition) is 7. The molecule has 3 aromatic carbocycles. The third-order valence-electron chi connectivity index (χ3n) is 4.97. The van der Waals surface area contributed by atoms with Gasteiger partial charge in [-0.3, -0.25) is 9.10 Å². The maximum atomic E-state index is 13.5. The van der Waals surface area contributed by atoms with E-state index in [1.54, 1.807) is 18.2 Å². The number of nitrogens with one attached hydrogen (secondary N) is 2. The molecule has 4 aromatic rings. The van der Waals surface area contributed by atoms with Crippen LogP contribution in [0.2, 0.25) is 0 Å². The molecule has 37 heavy (non-hydrogen) atoms. The van der Waals surface area contributed by atoms with E-state index < -0.39 is 38.3 Å². The fraction of sp³-hybridized carbons (Fsp3) is 0.0417. The highest BCUT2D eigenvalue weighted by atomic mass is 32.2. The molecule has 0 aliphatic carbocycles. The molecule has 1 aromatic heterocycles. The maximum Gasteiger partial charge on any atom is 0.264 e. The van der Waals surface area contributed by atoms with Crippen LogP contribution in [0.4, 0.5) is 21.7 Å². The summed E-state index contributed by atoms with van der Waals surface area (Å²) < 4.78 is 68.2. The summed E-state index contributed by atoms with van der Waals surface area (Å²) in [5.74, 6) is -1.36. The second kappa shape index (κ2) is 10.7. The monoisotopic (exact) mass is 541 g/mol. The van der Waals surface area contributed by atoms with Crippen molar-refractivity contribution in [1.29, 1.82) is 0 Å². The van der Waals surface area contributed by atoms with Crippen LogP contribution in [0.25, 0.3) is 0 Å². The molecule has 1 heterocycles. The Labute approximate surface area is 212 Å². The van der Waals surface area contributed by atoms with E-state index in [0.29, 0.717) is 0 Å². The van der Waals surface area contributed by atoms with Gasteiger partial charge in [0.15, 0.2) is 0 Å². The summed E-state index contributed by atoms with van der Waals surface area (Å²) in [4.78, 5) is 20.3. The SMILES string of the molecule is O=C(CN(c1ccc(F)cc1)S(=O)(=O)c1ccccc1)Nc1ccc(S(=O)(=O)Nc2ncccn2)cc1. The summed E-state index contributed by atoms with van der Waals surface area (Å²) in [6, 6.07) is 19.0. The molecule has 0 radical (unpaired) electrons. The number of hydrogen-bond donors (Lipinski definition) is 2. The molecule has 0 atom stereocenters. The van der Waals surface area contributed by atoms with Crippen LogP contribution in [0, 0.1) is 5.82 Å². The van der Waals surface area contributed by atoms with E-state index in [0.717, 1.165) is 16.4 Å². The molecule has 0 bridgehead atoms. The fourth-order valence-electron chi connectivity index (χ4n) is 3.22. The lowest BCUT2D eigenvalue weighted by atomic mass is 10.3. The van der Waals surface area contributed by atoms with Gasteiger partial charge in [0, 0.05) is 18.1 Å². The number of amides is 1. The zero-order valence-corrected chi connectivity index (χ0v) is 20.7. The Kier molecular flexibility index (Phi) is 7.45. The highest BCUT2D eigenvalue weighted by molar-refractivity contribution is 7.93. The van der Waals surface area contributed by atoms with Gasteiger partial charge in [0.2, 0.25) is 11.9 Å². The molecule has 10 nitrogen and oxygen atoms in total. The quantitative estimate of drug-likeness (QED) is 0.332. The van der Waals surface area contributed by atoms with Crippen molar-refractivity contribution in [2.75, 3.05) is 20.9 Å². The molecule has 13 heteroatoms. The Morgan fingerprint density at radius 2 is 1.41 bits per heavy atom. The summed E-state index contributed by atoms with van der Waals surface area (Å²) in [5, 5.41) is 2.55. The number of benzene rings is 3. The summed E-state index contributed by atoms with van der Waals surface area (Å²) in [6.07, 6.45) is 2.77. The number of nitrogens with zero attached hydrogens (tertiary/aromatic N) is 3. The minimum atomic E-state index is -4.16. The molecule has 0 spiro atoms. The van der Waals surface area contributed by atoms with E-state index in [4.69, 9.17) is 0 Å². The van der Waals surface area contributed by atoms with Crippen LogP contribution in [0.15, 0.2) is 107 Å². The molecular weight excluding hydrogens is 521 g/mol. The van der Waals surface area contributed by atoms with Crippen LogP contribution < -0.4 is 14.3 Å². The standard InChI is InChI=1S/C24H20FN5O5S2/c25-18-7-11-20(12-8-18)30(37(34,35)22-5-2-1-3-6-22)17-23(31)28-19-9-13-21(14-10-19)36(32,33)29-24-26-15-4-16-27-24/h1-16H,17H2,(H,28,31)(H,26,27,29). The summed E-state index contributed by atoms with van der Waals surface area (Å²) in [6.45, 7) is -0.615. The molecule has 0 saturated carbocycles. The van der Waals surface area contributed by atoms with Crippen LogP contribution in [0.5, 0.6) is 0 Å². The van der Waals surface area contributed by atoms with Crippen molar-refractivity contribution >= 4 is 43.3 Å². The third kappa shape index (κ3) is 6.26. The van der Waals surface area contributed by atoms with E-state index in [9.17, 15) is 26.0 Å². The molecule has 0 saturated heterocycles. The molecule has 0 aliphatic rings. The summed E-state index contributed by atoms with van der Waals surface area (Å²) >= 11 is 0. The second-order valence-corrected chi connectivity index (χ2v) is 11.1. The van der Waals surface area contributed by atoms with Gasteiger partial charge in [0.1, 0.15) is 12.4 Å². The Hall–Kier alpha value is -4.36. The largest absolute Gasteiger partial charge is 0.325 e. The number of anilines is 3. The van der Waals surface area contributed by atoms with E-state index in [2.05, 4.69) is 20.0 Å². The van der Waals surface area contributed by atoms with Crippen molar-refractivity contribution in [2.24, 2.45) is 0 Å². The van der Waals surface area contributed by atoms with Crippen LogP contribution in [-0.2, 0) is 24.8 Å². The first kappa shape index (κ1) is 25.7. The molecule has 2 N–H and O–H groups in total. The molecule has 0 fully saturated rings. The average molecular weight is 542 g/mol. The molecule has 1 amide bonds. The van der Waals surface area contributed by atoms with Gasteiger partial charge in [-0.05, 0) is 66.7 Å². The Morgan fingerprint density at radius 3 is 2.03 bits per heavy atom. The lowest BCUT2D eigenvalue weighted by molar-refractivity contribution is -0.114.